The maximum absolute atomic E-state index is 12.2. The zero-order valence-corrected chi connectivity index (χ0v) is 15.9. The van der Waals surface area contributed by atoms with Gasteiger partial charge in [0.2, 0.25) is 23.6 Å². The Balaban J connectivity index is 5.22. The normalized spacial score (nSPS) is 17.0. The minimum absolute atomic E-state index is 0.728. The SMILES string of the molecule is CC(O)C(N)C(=O)NC(CO)C(=O)NC(C(=O)NC(CC(N)=O)C(=O)O)C(C)O. The molecule has 0 fully saturated rings. The molecular weight excluding hydrogens is 394 g/mol. The molecule has 0 saturated carbocycles. The molecule has 0 rings (SSSR count). The highest BCUT2D eigenvalue weighted by atomic mass is 16.4. The maximum Gasteiger partial charge on any atom is 0.326 e. The number of aliphatic carboxylic acids is 1. The third-order valence-electron chi connectivity index (χ3n) is 3.72. The van der Waals surface area contributed by atoms with Crippen molar-refractivity contribution in [2.45, 2.75) is 56.6 Å². The van der Waals surface area contributed by atoms with Crippen LogP contribution in [0.2, 0.25) is 0 Å². The molecule has 0 aliphatic carbocycles. The van der Waals surface area contributed by atoms with Gasteiger partial charge in [-0.15, -0.1) is 0 Å². The summed E-state index contributed by atoms with van der Waals surface area (Å²) in [5.74, 6) is -5.78. The van der Waals surface area contributed by atoms with Crippen molar-refractivity contribution in [2.75, 3.05) is 6.61 Å². The average Bonchev–Trinajstić information content (AvgIpc) is 2.61. The Morgan fingerprint density at radius 1 is 0.862 bits per heavy atom. The van der Waals surface area contributed by atoms with Crippen molar-refractivity contribution in [1.82, 2.24) is 16.0 Å². The van der Waals surface area contributed by atoms with Gasteiger partial charge < -0.3 is 47.8 Å². The maximum atomic E-state index is 12.2. The van der Waals surface area contributed by atoms with Gasteiger partial charge in [-0.2, -0.15) is 0 Å². The third-order valence-corrected chi connectivity index (χ3v) is 3.72. The summed E-state index contributed by atoms with van der Waals surface area (Å²) in [4.78, 5) is 58.3. The Bertz CT molecular complexity index is 625. The van der Waals surface area contributed by atoms with Gasteiger partial charge in [-0.1, -0.05) is 0 Å². The van der Waals surface area contributed by atoms with E-state index in [0.717, 1.165) is 6.92 Å². The van der Waals surface area contributed by atoms with E-state index in [0.29, 0.717) is 0 Å². The van der Waals surface area contributed by atoms with E-state index in [9.17, 15) is 39.3 Å². The molecule has 29 heavy (non-hydrogen) atoms. The number of hydrogen-bond acceptors (Lipinski definition) is 9. The fourth-order valence-corrected chi connectivity index (χ4v) is 2.00. The van der Waals surface area contributed by atoms with Crippen molar-refractivity contribution in [2.24, 2.45) is 11.5 Å². The number of aliphatic hydroxyl groups is 3. The minimum Gasteiger partial charge on any atom is -0.480 e. The Kier molecular flexibility index (Phi) is 10.7. The van der Waals surface area contributed by atoms with Crippen molar-refractivity contribution >= 4 is 29.6 Å². The summed E-state index contributed by atoms with van der Waals surface area (Å²) >= 11 is 0. The molecule has 6 unspecified atom stereocenters. The Hall–Kier alpha value is -2.81. The van der Waals surface area contributed by atoms with Crippen LogP contribution in [0.25, 0.3) is 0 Å². The molecule has 0 aromatic heterocycles. The lowest BCUT2D eigenvalue weighted by molar-refractivity contribution is -0.144. The fraction of sp³-hybridized carbons (Fsp3) is 0.667. The van der Waals surface area contributed by atoms with Gasteiger partial charge in [-0.3, -0.25) is 19.2 Å². The summed E-state index contributed by atoms with van der Waals surface area (Å²) in [5.41, 5.74) is 10.3. The molecule has 0 aromatic carbocycles. The number of primary amides is 1. The minimum atomic E-state index is -1.70. The number of hydrogen-bond donors (Lipinski definition) is 9. The molecular formula is C15H27N5O9. The molecule has 0 radical (unpaired) electrons. The first-order valence-corrected chi connectivity index (χ1v) is 8.46. The highest BCUT2D eigenvalue weighted by Gasteiger charge is 2.33. The molecule has 0 heterocycles. The summed E-state index contributed by atoms with van der Waals surface area (Å²) in [6.45, 7) is 1.44. The Morgan fingerprint density at radius 3 is 1.76 bits per heavy atom. The molecule has 0 aliphatic heterocycles. The van der Waals surface area contributed by atoms with Gasteiger partial charge in [-0.25, -0.2) is 4.79 Å². The number of carbonyl (C=O) groups excluding carboxylic acids is 4. The molecule has 6 atom stereocenters. The molecule has 0 aromatic rings. The largest absolute Gasteiger partial charge is 0.480 e. The lowest BCUT2D eigenvalue weighted by Crippen LogP contribution is -2.61. The second kappa shape index (κ2) is 11.9. The summed E-state index contributed by atoms with van der Waals surface area (Å²) in [7, 11) is 0. The molecule has 166 valence electrons. The smallest absolute Gasteiger partial charge is 0.326 e. The lowest BCUT2D eigenvalue weighted by Gasteiger charge is -2.26. The molecule has 14 heteroatoms. The number of nitrogens with two attached hydrogens (primary N) is 2. The van der Waals surface area contributed by atoms with E-state index in [-0.39, 0.29) is 0 Å². The van der Waals surface area contributed by atoms with E-state index in [1.54, 1.807) is 0 Å². The number of carbonyl (C=O) groups is 5. The van der Waals surface area contributed by atoms with Crippen LogP contribution in [0.3, 0.4) is 0 Å². The summed E-state index contributed by atoms with van der Waals surface area (Å²) in [5, 5.41) is 43.4. The highest BCUT2D eigenvalue weighted by molar-refractivity contribution is 5.95. The Labute approximate surface area is 165 Å². The van der Waals surface area contributed by atoms with E-state index in [2.05, 4.69) is 10.6 Å². The predicted molar refractivity (Wildman–Crippen MR) is 95.7 cm³/mol. The van der Waals surface area contributed by atoms with Gasteiger partial charge in [0.05, 0.1) is 25.2 Å². The van der Waals surface area contributed by atoms with E-state index in [1.807, 2.05) is 5.32 Å². The van der Waals surface area contributed by atoms with Crippen LogP contribution in [0, 0.1) is 0 Å². The number of rotatable bonds is 12. The summed E-state index contributed by atoms with van der Waals surface area (Å²) in [6, 6.07) is -6.36. The first-order chi connectivity index (χ1) is 13.3. The van der Waals surface area contributed by atoms with Gasteiger partial charge in [0.15, 0.2) is 0 Å². The topological polar surface area (TPSA) is 254 Å². The molecule has 0 spiro atoms. The van der Waals surface area contributed by atoms with Crippen LogP contribution in [-0.4, -0.2) is 93.0 Å². The van der Waals surface area contributed by atoms with E-state index >= 15 is 0 Å². The van der Waals surface area contributed by atoms with Crippen molar-refractivity contribution in [3.05, 3.63) is 0 Å². The monoisotopic (exact) mass is 421 g/mol. The average molecular weight is 421 g/mol. The van der Waals surface area contributed by atoms with Crippen LogP contribution < -0.4 is 27.4 Å². The molecule has 0 saturated heterocycles. The molecule has 4 amide bonds. The predicted octanol–water partition coefficient (Wildman–Crippen LogP) is -5.52. The first kappa shape index (κ1) is 26.2. The van der Waals surface area contributed by atoms with E-state index in [4.69, 9.17) is 16.6 Å². The number of aliphatic hydroxyl groups excluding tert-OH is 3. The van der Waals surface area contributed by atoms with Crippen LogP contribution in [0.1, 0.15) is 20.3 Å². The standard InChI is InChI=1S/C15H27N5O9/c1-5(22)10(17)13(26)19-8(4-21)12(25)20-11(6(2)23)14(27)18-7(15(28)29)3-9(16)24/h5-8,10-11,21-23H,3-4,17H2,1-2H3,(H2,16,24)(H,18,27)(H,19,26)(H,20,25)(H,28,29). The fourth-order valence-electron chi connectivity index (χ4n) is 2.00. The van der Waals surface area contributed by atoms with Crippen molar-refractivity contribution in [3.8, 4) is 0 Å². The summed E-state index contributed by atoms with van der Waals surface area (Å²) in [6.07, 6.45) is -3.49. The van der Waals surface area contributed by atoms with Crippen LogP contribution in [-0.2, 0) is 24.0 Å². The van der Waals surface area contributed by atoms with Crippen LogP contribution >= 0.6 is 0 Å². The summed E-state index contributed by atoms with van der Waals surface area (Å²) < 4.78 is 0. The number of nitrogens with one attached hydrogen (secondary N) is 3. The van der Waals surface area contributed by atoms with E-state index < -0.39 is 79.0 Å². The zero-order chi connectivity index (χ0) is 22.9. The third kappa shape index (κ3) is 8.82. The quantitative estimate of drug-likeness (QED) is 0.144. The first-order valence-electron chi connectivity index (χ1n) is 8.46. The van der Waals surface area contributed by atoms with Crippen LogP contribution in [0.4, 0.5) is 0 Å². The molecule has 11 N–H and O–H groups in total. The van der Waals surface area contributed by atoms with Crippen molar-refractivity contribution < 1.29 is 44.4 Å². The molecule has 14 nitrogen and oxygen atoms in total. The van der Waals surface area contributed by atoms with Gasteiger partial charge in [-0.05, 0) is 13.8 Å². The Morgan fingerprint density at radius 2 is 1.38 bits per heavy atom. The molecule has 0 aliphatic rings. The van der Waals surface area contributed by atoms with Gasteiger partial charge in [0.1, 0.15) is 24.2 Å². The van der Waals surface area contributed by atoms with Crippen molar-refractivity contribution in [1.29, 1.82) is 0 Å². The van der Waals surface area contributed by atoms with E-state index in [1.165, 1.54) is 6.92 Å². The number of amides is 4. The number of carboxylic acids is 1. The second-order valence-electron chi connectivity index (χ2n) is 6.31. The lowest BCUT2D eigenvalue weighted by atomic mass is 10.1. The van der Waals surface area contributed by atoms with Gasteiger partial charge in [0.25, 0.3) is 0 Å². The number of carboxylic acid groups (broad SMARTS) is 1. The molecule has 0 bridgehead atoms. The van der Waals surface area contributed by atoms with Gasteiger partial charge in [0, 0.05) is 0 Å². The van der Waals surface area contributed by atoms with Crippen molar-refractivity contribution in [3.63, 3.8) is 0 Å². The highest BCUT2D eigenvalue weighted by Crippen LogP contribution is 2.00. The van der Waals surface area contributed by atoms with Crippen LogP contribution in [0.15, 0.2) is 0 Å². The second-order valence-corrected chi connectivity index (χ2v) is 6.31. The van der Waals surface area contributed by atoms with Gasteiger partial charge >= 0.3 is 5.97 Å². The van der Waals surface area contributed by atoms with Crippen LogP contribution in [0.5, 0.6) is 0 Å². The zero-order valence-electron chi connectivity index (χ0n) is 15.9.